The van der Waals surface area contributed by atoms with E-state index in [1.165, 1.54) is 19.3 Å². The van der Waals surface area contributed by atoms with Crippen molar-refractivity contribution in [3.05, 3.63) is 0 Å². The highest BCUT2D eigenvalue weighted by atomic mass is 32.2. The fourth-order valence-corrected chi connectivity index (χ4v) is 4.45. The summed E-state index contributed by atoms with van der Waals surface area (Å²) in [7, 11) is 0. The highest BCUT2D eigenvalue weighted by Crippen LogP contribution is 2.61. The maximum Gasteiger partial charge on any atom is 0.313 e. The second-order valence-electron chi connectivity index (χ2n) is 5.61. The van der Waals surface area contributed by atoms with Gasteiger partial charge in [0.25, 0.3) is 0 Å². The summed E-state index contributed by atoms with van der Waals surface area (Å²) < 4.78 is 0. The first-order valence-corrected chi connectivity index (χ1v) is 6.97. The van der Waals surface area contributed by atoms with Gasteiger partial charge in [0.2, 0.25) is 0 Å². The van der Waals surface area contributed by atoms with Crippen LogP contribution in [0.3, 0.4) is 0 Å². The van der Waals surface area contributed by atoms with Crippen LogP contribution < -0.4 is 0 Å². The molecule has 0 aliphatic heterocycles. The van der Waals surface area contributed by atoms with Crippen LogP contribution in [0.2, 0.25) is 0 Å². The highest BCUT2D eigenvalue weighted by Gasteiger charge is 2.53. The molecule has 0 unspecified atom stereocenters. The SMILES string of the molecule is CC1(C)[C@H]2CC[C@@H](CSCC(=O)O)[C@@H]1C2. The molecule has 2 bridgehead atoms. The van der Waals surface area contributed by atoms with Gasteiger partial charge in [-0.25, -0.2) is 0 Å². The van der Waals surface area contributed by atoms with Crippen LogP contribution >= 0.6 is 11.8 Å². The van der Waals surface area contributed by atoms with E-state index in [2.05, 4.69) is 13.8 Å². The third kappa shape index (κ3) is 2.03. The van der Waals surface area contributed by atoms with Gasteiger partial charge in [0, 0.05) is 0 Å². The van der Waals surface area contributed by atoms with Crippen molar-refractivity contribution in [1.29, 1.82) is 0 Å². The lowest BCUT2D eigenvalue weighted by Gasteiger charge is -2.60. The van der Waals surface area contributed by atoms with E-state index in [4.69, 9.17) is 5.11 Å². The lowest BCUT2D eigenvalue weighted by atomic mass is 9.46. The molecular weight excluding hydrogens is 208 g/mol. The van der Waals surface area contributed by atoms with Gasteiger partial charge in [-0.3, -0.25) is 4.79 Å². The number of aliphatic carboxylic acids is 1. The minimum Gasteiger partial charge on any atom is -0.481 e. The van der Waals surface area contributed by atoms with E-state index in [-0.39, 0.29) is 5.75 Å². The van der Waals surface area contributed by atoms with Gasteiger partial charge < -0.3 is 5.11 Å². The van der Waals surface area contributed by atoms with E-state index < -0.39 is 5.97 Å². The molecule has 3 rings (SSSR count). The Morgan fingerprint density at radius 2 is 2.20 bits per heavy atom. The molecule has 86 valence electrons. The predicted molar refractivity (Wildman–Crippen MR) is 63.1 cm³/mol. The zero-order valence-electron chi connectivity index (χ0n) is 9.53. The standard InChI is InChI=1S/C12H20O2S/c1-12(2)9-4-3-8(10(12)5-9)6-15-7-11(13)14/h8-10H,3-7H2,1-2H3,(H,13,14)/t8-,9-,10-/m0/s1. The van der Waals surface area contributed by atoms with Crippen molar-refractivity contribution in [2.75, 3.05) is 11.5 Å². The molecule has 0 spiro atoms. The van der Waals surface area contributed by atoms with Gasteiger partial charge in [0.1, 0.15) is 0 Å². The molecule has 0 heterocycles. The molecule has 0 saturated heterocycles. The largest absolute Gasteiger partial charge is 0.481 e. The van der Waals surface area contributed by atoms with E-state index >= 15 is 0 Å². The van der Waals surface area contributed by atoms with Crippen molar-refractivity contribution in [3.63, 3.8) is 0 Å². The van der Waals surface area contributed by atoms with Crippen LogP contribution in [0.4, 0.5) is 0 Å². The number of carboxylic acids is 1. The van der Waals surface area contributed by atoms with Crippen molar-refractivity contribution in [2.24, 2.45) is 23.2 Å². The summed E-state index contributed by atoms with van der Waals surface area (Å²) in [6.07, 6.45) is 4.08. The average Bonchev–Trinajstić information content (AvgIpc) is 2.17. The van der Waals surface area contributed by atoms with E-state index in [0.29, 0.717) is 5.41 Å². The van der Waals surface area contributed by atoms with Crippen LogP contribution in [0.15, 0.2) is 0 Å². The molecule has 3 aliphatic carbocycles. The molecule has 0 radical (unpaired) electrons. The number of hydrogen-bond donors (Lipinski definition) is 1. The molecule has 0 aromatic carbocycles. The highest BCUT2D eigenvalue weighted by molar-refractivity contribution is 7.99. The Hall–Kier alpha value is -0.180. The van der Waals surface area contributed by atoms with Gasteiger partial charge in [0.15, 0.2) is 0 Å². The second kappa shape index (κ2) is 4.00. The number of thioether (sulfide) groups is 1. The number of carbonyl (C=O) groups is 1. The maximum atomic E-state index is 10.4. The van der Waals surface area contributed by atoms with Crippen molar-refractivity contribution >= 4 is 17.7 Å². The molecule has 0 aromatic heterocycles. The van der Waals surface area contributed by atoms with Crippen LogP contribution in [0, 0.1) is 23.2 Å². The Morgan fingerprint density at radius 3 is 2.73 bits per heavy atom. The van der Waals surface area contributed by atoms with Crippen LogP contribution in [0.5, 0.6) is 0 Å². The van der Waals surface area contributed by atoms with Crippen LogP contribution in [-0.4, -0.2) is 22.6 Å². The van der Waals surface area contributed by atoms with Crippen LogP contribution in [-0.2, 0) is 4.79 Å². The summed E-state index contributed by atoms with van der Waals surface area (Å²) in [6, 6.07) is 0. The number of rotatable bonds is 4. The quantitative estimate of drug-likeness (QED) is 0.804. The number of hydrogen-bond acceptors (Lipinski definition) is 2. The zero-order valence-corrected chi connectivity index (χ0v) is 10.3. The van der Waals surface area contributed by atoms with Gasteiger partial charge in [-0.15, -0.1) is 11.8 Å². The number of fused-ring (bicyclic) bond motifs is 2. The number of carboxylic acid groups (broad SMARTS) is 1. The van der Waals surface area contributed by atoms with E-state index in [1.807, 2.05) is 0 Å². The molecule has 3 atom stereocenters. The zero-order chi connectivity index (χ0) is 11.1. The van der Waals surface area contributed by atoms with E-state index in [9.17, 15) is 4.79 Å². The Kier molecular flexibility index (Phi) is 3.02. The van der Waals surface area contributed by atoms with Gasteiger partial charge in [-0.05, 0) is 48.2 Å². The molecular formula is C12H20O2S. The first kappa shape index (κ1) is 11.3. The summed E-state index contributed by atoms with van der Waals surface area (Å²) in [5.74, 6) is 3.22. The topological polar surface area (TPSA) is 37.3 Å². The van der Waals surface area contributed by atoms with E-state index in [1.54, 1.807) is 11.8 Å². The second-order valence-corrected chi connectivity index (χ2v) is 6.64. The Labute approximate surface area is 95.8 Å². The molecule has 2 nitrogen and oxygen atoms in total. The molecule has 3 aliphatic rings. The van der Waals surface area contributed by atoms with Crippen molar-refractivity contribution in [1.82, 2.24) is 0 Å². The third-order valence-electron chi connectivity index (χ3n) is 4.56. The molecule has 0 amide bonds. The molecule has 1 N–H and O–H groups in total. The van der Waals surface area contributed by atoms with E-state index in [0.717, 1.165) is 23.5 Å². The fourth-order valence-electron chi connectivity index (χ4n) is 3.46. The lowest BCUT2D eigenvalue weighted by molar-refractivity contribution is -0.133. The summed E-state index contributed by atoms with van der Waals surface area (Å²) >= 11 is 1.60. The fraction of sp³-hybridized carbons (Fsp3) is 0.917. The Morgan fingerprint density at radius 1 is 1.47 bits per heavy atom. The predicted octanol–water partition coefficient (Wildman–Crippen LogP) is 2.88. The Bertz CT molecular complexity index is 260. The van der Waals surface area contributed by atoms with Crippen molar-refractivity contribution < 1.29 is 9.90 Å². The normalized spacial score (nSPS) is 37.1. The molecule has 15 heavy (non-hydrogen) atoms. The van der Waals surface area contributed by atoms with Gasteiger partial charge in [0.05, 0.1) is 5.75 Å². The maximum absolute atomic E-state index is 10.4. The van der Waals surface area contributed by atoms with Crippen molar-refractivity contribution in [2.45, 2.75) is 33.1 Å². The third-order valence-corrected chi connectivity index (χ3v) is 5.67. The minimum atomic E-state index is -0.679. The van der Waals surface area contributed by atoms with Crippen molar-refractivity contribution in [3.8, 4) is 0 Å². The van der Waals surface area contributed by atoms with Crippen LogP contribution in [0.25, 0.3) is 0 Å². The summed E-state index contributed by atoms with van der Waals surface area (Å²) in [5, 5.41) is 8.60. The molecule has 0 aromatic rings. The van der Waals surface area contributed by atoms with Gasteiger partial charge >= 0.3 is 5.97 Å². The van der Waals surface area contributed by atoms with Gasteiger partial charge in [-0.2, -0.15) is 0 Å². The Balaban J connectivity index is 1.81. The monoisotopic (exact) mass is 228 g/mol. The summed E-state index contributed by atoms with van der Waals surface area (Å²) in [6.45, 7) is 4.78. The van der Waals surface area contributed by atoms with Gasteiger partial charge in [-0.1, -0.05) is 13.8 Å². The molecule has 3 saturated carbocycles. The lowest BCUT2D eigenvalue weighted by Crippen LogP contribution is -2.52. The first-order chi connectivity index (χ1) is 7.01. The molecule has 3 heteroatoms. The average molecular weight is 228 g/mol. The summed E-state index contributed by atoms with van der Waals surface area (Å²) in [4.78, 5) is 10.4. The molecule has 3 fully saturated rings. The minimum absolute atomic E-state index is 0.271. The summed E-state index contributed by atoms with van der Waals surface area (Å²) in [5.41, 5.74) is 0.534. The smallest absolute Gasteiger partial charge is 0.313 e. The van der Waals surface area contributed by atoms with Crippen LogP contribution in [0.1, 0.15) is 33.1 Å². The first-order valence-electron chi connectivity index (χ1n) is 5.81.